The number of nitrogens with one attached hydrogen (secondary N) is 2. The topological polar surface area (TPSA) is 76.7 Å². The van der Waals surface area contributed by atoms with Crippen LogP contribution in [0.5, 0.6) is 11.5 Å². The number of amides is 2. The van der Waals surface area contributed by atoms with Crippen molar-refractivity contribution in [3.8, 4) is 11.5 Å². The minimum Gasteiger partial charge on any atom is -0.494 e. The summed E-state index contributed by atoms with van der Waals surface area (Å²) in [5, 5.41) is 0. The average Bonchev–Trinajstić information content (AvgIpc) is 2.66. The van der Waals surface area contributed by atoms with Crippen molar-refractivity contribution in [3.05, 3.63) is 65.7 Å². The molecule has 0 bridgehead atoms. The number of rotatable bonds is 6. The van der Waals surface area contributed by atoms with E-state index in [9.17, 15) is 18.4 Å². The monoisotopic (exact) mass is 376 g/mol. The predicted molar refractivity (Wildman–Crippen MR) is 94.8 cm³/mol. The van der Waals surface area contributed by atoms with Crippen molar-refractivity contribution >= 4 is 17.9 Å². The zero-order chi connectivity index (χ0) is 19.8. The molecule has 142 valence electrons. The van der Waals surface area contributed by atoms with Crippen molar-refractivity contribution in [3.63, 3.8) is 0 Å². The van der Waals surface area contributed by atoms with E-state index in [-0.39, 0.29) is 11.5 Å². The molecule has 0 saturated carbocycles. The van der Waals surface area contributed by atoms with Crippen LogP contribution in [0.25, 0.3) is 6.08 Å². The fourth-order valence-corrected chi connectivity index (χ4v) is 2.01. The van der Waals surface area contributed by atoms with E-state index in [0.29, 0.717) is 5.56 Å². The Morgan fingerprint density at radius 2 is 1.78 bits per heavy atom. The molecule has 0 spiro atoms. The molecule has 2 aromatic rings. The molecule has 0 fully saturated rings. The Balaban J connectivity index is 1.84. The molecule has 0 aliphatic carbocycles. The summed E-state index contributed by atoms with van der Waals surface area (Å²) in [6.07, 6.45) is 1.44. The molecule has 2 rings (SSSR count). The second kappa shape index (κ2) is 9.33. The van der Waals surface area contributed by atoms with E-state index in [1.165, 1.54) is 50.4 Å². The van der Waals surface area contributed by atoms with Crippen molar-refractivity contribution in [2.24, 2.45) is 0 Å². The first-order valence-electron chi connectivity index (χ1n) is 7.93. The minimum atomic E-state index is -1.04. The largest absolute Gasteiger partial charge is 0.494 e. The summed E-state index contributed by atoms with van der Waals surface area (Å²) in [5.41, 5.74) is 4.75. The molecule has 0 heterocycles. The van der Waals surface area contributed by atoms with Crippen LogP contribution in [-0.4, -0.2) is 25.0 Å². The third kappa shape index (κ3) is 5.81. The third-order valence-electron chi connectivity index (χ3n) is 3.42. The zero-order valence-corrected chi connectivity index (χ0v) is 14.7. The summed E-state index contributed by atoms with van der Waals surface area (Å²) in [4.78, 5) is 23.6. The summed E-state index contributed by atoms with van der Waals surface area (Å²) >= 11 is 0. The van der Waals surface area contributed by atoms with Crippen LogP contribution in [0.1, 0.15) is 12.5 Å². The lowest BCUT2D eigenvalue weighted by Crippen LogP contribution is -2.46. The van der Waals surface area contributed by atoms with E-state index < -0.39 is 29.6 Å². The highest BCUT2D eigenvalue weighted by atomic mass is 19.1. The van der Waals surface area contributed by atoms with E-state index in [1.54, 1.807) is 12.1 Å². The number of methoxy groups -OCH3 is 1. The van der Waals surface area contributed by atoms with Crippen LogP contribution in [-0.2, 0) is 9.59 Å². The standard InChI is InChI=1S/C19H18F2N2O4/c1-12(27-17-6-4-3-5-14(17)20)19(25)23-22-18(24)10-8-13-7-9-16(26-2)15(21)11-13/h3-12H,1-2H3,(H,22,24)(H,23,25)/b10-8+/t12-/m0/s1. The number of hydrogen-bond acceptors (Lipinski definition) is 4. The lowest BCUT2D eigenvalue weighted by Gasteiger charge is -2.15. The van der Waals surface area contributed by atoms with Gasteiger partial charge in [0.2, 0.25) is 0 Å². The fraction of sp³-hybridized carbons (Fsp3) is 0.158. The summed E-state index contributed by atoms with van der Waals surface area (Å²) in [5.74, 6) is -2.46. The second-order valence-electron chi connectivity index (χ2n) is 5.40. The zero-order valence-electron chi connectivity index (χ0n) is 14.7. The van der Waals surface area contributed by atoms with Crippen LogP contribution < -0.4 is 20.3 Å². The molecule has 8 heteroatoms. The molecular weight excluding hydrogens is 358 g/mol. The number of carbonyl (C=O) groups excluding carboxylic acids is 2. The molecule has 6 nitrogen and oxygen atoms in total. The van der Waals surface area contributed by atoms with Crippen LogP contribution in [0.3, 0.4) is 0 Å². The summed E-state index contributed by atoms with van der Waals surface area (Å²) in [6.45, 7) is 1.41. The third-order valence-corrected chi connectivity index (χ3v) is 3.42. The van der Waals surface area contributed by atoms with Crippen LogP contribution in [0.2, 0.25) is 0 Å². The second-order valence-corrected chi connectivity index (χ2v) is 5.40. The van der Waals surface area contributed by atoms with E-state index >= 15 is 0 Å². The fourth-order valence-electron chi connectivity index (χ4n) is 2.01. The highest BCUT2D eigenvalue weighted by Gasteiger charge is 2.16. The van der Waals surface area contributed by atoms with Crippen LogP contribution in [0.4, 0.5) is 8.78 Å². The minimum absolute atomic E-state index is 0.0760. The molecule has 0 saturated heterocycles. The molecule has 0 aliphatic rings. The van der Waals surface area contributed by atoms with E-state index in [4.69, 9.17) is 9.47 Å². The first-order chi connectivity index (χ1) is 12.9. The first-order valence-corrected chi connectivity index (χ1v) is 7.93. The quantitative estimate of drug-likeness (QED) is 0.600. The van der Waals surface area contributed by atoms with Crippen molar-refractivity contribution in [2.45, 2.75) is 13.0 Å². The Morgan fingerprint density at radius 1 is 1.04 bits per heavy atom. The van der Waals surface area contributed by atoms with Gasteiger partial charge in [-0.2, -0.15) is 0 Å². The van der Waals surface area contributed by atoms with Gasteiger partial charge in [-0.05, 0) is 42.8 Å². The van der Waals surface area contributed by atoms with Gasteiger partial charge in [0.25, 0.3) is 11.8 Å². The van der Waals surface area contributed by atoms with Crippen molar-refractivity contribution < 1.29 is 27.8 Å². The highest BCUT2D eigenvalue weighted by Crippen LogP contribution is 2.18. The SMILES string of the molecule is COc1ccc(/C=C/C(=O)NNC(=O)[C@H](C)Oc2ccccc2F)cc1F. The normalized spacial score (nSPS) is 11.7. The predicted octanol–water partition coefficient (Wildman–Crippen LogP) is 2.60. The van der Waals surface area contributed by atoms with E-state index in [2.05, 4.69) is 10.9 Å². The van der Waals surface area contributed by atoms with Crippen LogP contribution in [0.15, 0.2) is 48.5 Å². The van der Waals surface area contributed by atoms with Crippen LogP contribution >= 0.6 is 0 Å². The molecular formula is C19H18F2N2O4. The average molecular weight is 376 g/mol. The molecule has 0 aliphatic heterocycles. The van der Waals surface area contributed by atoms with Gasteiger partial charge in [-0.25, -0.2) is 8.78 Å². The van der Waals surface area contributed by atoms with Gasteiger partial charge in [0.15, 0.2) is 29.2 Å². The van der Waals surface area contributed by atoms with E-state index in [0.717, 1.165) is 6.08 Å². The van der Waals surface area contributed by atoms with Gasteiger partial charge in [-0.1, -0.05) is 18.2 Å². The lowest BCUT2D eigenvalue weighted by atomic mass is 10.2. The Bertz CT molecular complexity index is 855. The van der Waals surface area contributed by atoms with Crippen molar-refractivity contribution in [1.82, 2.24) is 10.9 Å². The number of hydrogen-bond donors (Lipinski definition) is 2. The van der Waals surface area contributed by atoms with Gasteiger partial charge in [0, 0.05) is 6.08 Å². The summed E-state index contributed by atoms with van der Waals surface area (Å²) < 4.78 is 37.1. The molecule has 2 N–H and O–H groups in total. The van der Waals surface area contributed by atoms with Gasteiger partial charge in [-0.15, -0.1) is 0 Å². The van der Waals surface area contributed by atoms with Crippen LogP contribution in [0, 0.1) is 11.6 Å². The van der Waals surface area contributed by atoms with Gasteiger partial charge < -0.3 is 9.47 Å². The maximum absolute atomic E-state index is 13.6. The molecule has 1 atom stereocenters. The molecule has 27 heavy (non-hydrogen) atoms. The molecule has 0 aromatic heterocycles. The number of benzene rings is 2. The maximum atomic E-state index is 13.6. The first kappa shape index (κ1) is 19.9. The van der Waals surface area contributed by atoms with Crippen molar-refractivity contribution in [1.29, 1.82) is 0 Å². The Kier molecular flexibility index (Phi) is 6.87. The van der Waals surface area contributed by atoms with Gasteiger partial charge >= 0.3 is 0 Å². The number of hydrazine groups is 1. The lowest BCUT2D eigenvalue weighted by molar-refractivity contribution is -0.131. The summed E-state index contributed by atoms with van der Waals surface area (Å²) in [7, 11) is 1.35. The smallest absolute Gasteiger partial charge is 0.279 e. The van der Waals surface area contributed by atoms with Crippen molar-refractivity contribution in [2.75, 3.05) is 7.11 Å². The number of para-hydroxylation sites is 1. The molecule has 2 amide bonds. The highest BCUT2D eigenvalue weighted by molar-refractivity contribution is 5.93. The number of carbonyl (C=O) groups is 2. The van der Waals surface area contributed by atoms with Gasteiger partial charge in [0.1, 0.15) is 0 Å². The molecule has 0 unspecified atom stereocenters. The Morgan fingerprint density at radius 3 is 2.44 bits per heavy atom. The summed E-state index contributed by atoms with van der Waals surface area (Å²) in [6, 6.07) is 9.84. The Hall–Kier alpha value is -3.42. The maximum Gasteiger partial charge on any atom is 0.279 e. The number of ether oxygens (including phenoxy) is 2. The van der Waals surface area contributed by atoms with Gasteiger partial charge in [-0.3, -0.25) is 20.4 Å². The number of halogens is 2. The van der Waals surface area contributed by atoms with E-state index in [1.807, 2.05) is 0 Å². The Labute approximate surface area is 154 Å². The molecule has 0 radical (unpaired) electrons. The molecule has 2 aromatic carbocycles. The van der Waals surface area contributed by atoms with Gasteiger partial charge in [0.05, 0.1) is 7.11 Å².